The topological polar surface area (TPSA) is 90.9 Å². The van der Waals surface area contributed by atoms with Gasteiger partial charge in [-0.15, -0.1) is 0 Å². The number of methoxy groups -OCH3 is 1. The molecule has 0 spiro atoms. The molecular formula is C24H27NO6. The molecule has 164 valence electrons. The van der Waals surface area contributed by atoms with Crippen molar-refractivity contribution in [3.63, 3.8) is 0 Å². The van der Waals surface area contributed by atoms with E-state index < -0.39 is 23.7 Å². The van der Waals surface area contributed by atoms with Gasteiger partial charge in [0.2, 0.25) is 0 Å². The average Bonchev–Trinajstić information content (AvgIpc) is 2.72. The molecule has 1 amide bonds. The van der Waals surface area contributed by atoms with E-state index in [9.17, 15) is 14.4 Å². The van der Waals surface area contributed by atoms with Crippen LogP contribution in [0.25, 0.3) is 0 Å². The maximum absolute atomic E-state index is 12.8. The van der Waals surface area contributed by atoms with Gasteiger partial charge in [0, 0.05) is 6.42 Å². The summed E-state index contributed by atoms with van der Waals surface area (Å²) in [5.74, 6) is -0.134. The molecule has 0 fully saturated rings. The summed E-state index contributed by atoms with van der Waals surface area (Å²) in [5.41, 5.74) is 1.40. The molecule has 3 rings (SSSR count). The first-order valence-electron chi connectivity index (χ1n) is 10.1. The van der Waals surface area contributed by atoms with Crippen LogP contribution in [0.1, 0.15) is 54.8 Å². The number of hydrogen-bond donors (Lipinski definition) is 1. The summed E-state index contributed by atoms with van der Waals surface area (Å²) in [4.78, 5) is 37.1. The van der Waals surface area contributed by atoms with Crippen molar-refractivity contribution in [2.75, 3.05) is 7.11 Å². The van der Waals surface area contributed by atoms with Gasteiger partial charge in [-0.1, -0.05) is 36.4 Å². The first-order chi connectivity index (χ1) is 14.7. The van der Waals surface area contributed by atoms with Gasteiger partial charge >= 0.3 is 12.1 Å². The van der Waals surface area contributed by atoms with Gasteiger partial charge in [0.1, 0.15) is 23.5 Å². The molecule has 1 aliphatic heterocycles. The summed E-state index contributed by atoms with van der Waals surface area (Å²) in [6, 6.07) is 13.8. The Labute approximate surface area is 181 Å². The van der Waals surface area contributed by atoms with Crippen LogP contribution in [-0.4, -0.2) is 36.6 Å². The highest BCUT2D eigenvalue weighted by molar-refractivity contribution is 6.00. The fraction of sp³-hybridized carbons (Fsp3) is 0.375. The molecule has 1 aliphatic rings. The zero-order valence-corrected chi connectivity index (χ0v) is 18.1. The fourth-order valence-corrected chi connectivity index (χ4v) is 3.37. The number of ether oxygens (including phenoxy) is 3. The van der Waals surface area contributed by atoms with Crippen LogP contribution in [0, 0.1) is 0 Å². The van der Waals surface area contributed by atoms with Crippen LogP contribution in [0.15, 0.2) is 48.5 Å². The third-order valence-electron chi connectivity index (χ3n) is 4.77. The summed E-state index contributed by atoms with van der Waals surface area (Å²) < 4.78 is 16.1. The molecule has 2 aromatic carbocycles. The number of fused-ring (bicyclic) bond motifs is 1. The van der Waals surface area contributed by atoms with Gasteiger partial charge in [-0.25, -0.2) is 9.59 Å². The Morgan fingerprint density at radius 1 is 1.16 bits per heavy atom. The highest BCUT2D eigenvalue weighted by Gasteiger charge is 2.29. The number of ketones is 1. The van der Waals surface area contributed by atoms with E-state index in [-0.39, 0.29) is 24.7 Å². The molecule has 2 aromatic rings. The number of alkyl carbamates (subject to hydrolysis) is 1. The predicted octanol–water partition coefficient (Wildman–Crippen LogP) is 4.00. The standard InChI is InChI=1S/C24H27NO6/c1-24(2,3)31-23(28)25-18(22(27)29-4)13-15-10-11-20-17(12-15)19(26)14-21(30-20)16-8-6-5-7-9-16/h5-12,18,21H,13-14H2,1-4H3,(H,25,28)/t18-,21?/m0/s1. The van der Waals surface area contributed by atoms with Gasteiger partial charge in [-0.2, -0.15) is 0 Å². The summed E-state index contributed by atoms with van der Waals surface area (Å²) >= 11 is 0. The Balaban J connectivity index is 1.76. The number of nitrogens with one attached hydrogen (secondary N) is 1. The van der Waals surface area contributed by atoms with E-state index in [0.717, 1.165) is 5.56 Å². The van der Waals surface area contributed by atoms with Crippen molar-refractivity contribution in [3.8, 4) is 5.75 Å². The molecule has 0 radical (unpaired) electrons. The van der Waals surface area contributed by atoms with Crippen molar-refractivity contribution in [1.82, 2.24) is 5.32 Å². The van der Waals surface area contributed by atoms with Crippen LogP contribution >= 0.6 is 0 Å². The van der Waals surface area contributed by atoms with Gasteiger partial charge < -0.3 is 19.5 Å². The van der Waals surface area contributed by atoms with E-state index in [4.69, 9.17) is 14.2 Å². The third kappa shape index (κ3) is 5.84. The van der Waals surface area contributed by atoms with Crippen LogP contribution in [0.4, 0.5) is 4.79 Å². The van der Waals surface area contributed by atoms with Crippen LogP contribution < -0.4 is 10.1 Å². The molecule has 7 nitrogen and oxygen atoms in total. The number of hydrogen-bond acceptors (Lipinski definition) is 6. The number of esters is 1. The normalized spacial score (nSPS) is 16.5. The van der Waals surface area contributed by atoms with Crippen molar-refractivity contribution in [1.29, 1.82) is 0 Å². The minimum atomic E-state index is -0.949. The lowest BCUT2D eigenvalue weighted by Gasteiger charge is -2.26. The van der Waals surface area contributed by atoms with E-state index in [1.807, 2.05) is 30.3 Å². The Morgan fingerprint density at radius 2 is 1.87 bits per heavy atom. The summed E-state index contributed by atoms with van der Waals surface area (Å²) in [6.07, 6.45) is -0.666. The first-order valence-corrected chi connectivity index (χ1v) is 10.1. The van der Waals surface area contributed by atoms with E-state index >= 15 is 0 Å². The summed E-state index contributed by atoms with van der Waals surface area (Å²) in [5, 5.41) is 2.54. The number of Topliss-reactive ketones (excluding diaryl/α,β-unsaturated/α-hetero) is 1. The average molecular weight is 425 g/mol. The van der Waals surface area contributed by atoms with Gasteiger partial charge in [0.25, 0.3) is 0 Å². The van der Waals surface area contributed by atoms with Crippen molar-refractivity contribution in [2.45, 2.75) is 51.4 Å². The van der Waals surface area contributed by atoms with Crippen LogP contribution in [-0.2, 0) is 20.7 Å². The second kappa shape index (κ2) is 9.20. The second-order valence-corrected chi connectivity index (χ2v) is 8.40. The highest BCUT2D eigenvalue weighted by Crippen LogP contribution is 2.35. The van der Waals surface area contributed by atoms with Crippen molar-refractivity contribution < 1.29 is 28.6 Å². The molecule has 0 bridgehead atoms. The Morgan fingerprint density at radius 3 is 2.52 bits per heavy atom. The minimum Gasteiger partial charge on any atom is -0.484 e. The Bertz CT molecular complexity index is 964. The predicted molar refractivity (Wildman–Crippen MR) is 114 cm³/mol. The number of carbonyl (C=O) groups excluding carboxylic acids is 3. The Hall–Kier alpha value is -3.35. The SMILES string of the molecule is COC(=O)[C@H](Cc1ccc2c(c1)C(=O)CC(c1ccccc1)O2)NC(=O)OC(C)(C)C. The quantitative estimate of drug-likeness (QED) is 0.728. The first kappa shape index (κ1) is 22.3. The number of benzene rings is 2. The van der Waals surface area contributed by atoms with E-state index in [1.54, 1.807) is 39.0 Å². The lowest BCUT2D eigenvalue weighted by atomic mass is 9.94. The molecular weight excluding hydrogens is 398 g/mol. The number of rotatable bonds is 5. The van der Waals surface area contributed by atoms with Crippen LogP contribution in [0.3, 0.4) is 0 Å². The molecule has 31 heavy (non-hydrogen) atoms. The number of carbonyl (C=O) groups is 3. The molecule has 2 atom stereocenters. The monoisotopic (exact) mass is 425 g/mol. The molecule has 0 saturated carbocycles. The molecule has 1 heterocycles. The minimum absolute atomic E-state index is 0.0355. The molecule has 1 N–H and O–H groups in total. The van der Waals surface area contributed by atoms with Crippen molar-refractivity contribution in [2.24, 2.45) is 0 Å². The molecule has 1 unspecified atom stereocenters. The largest absolute Gasteiger partial charge is 0.484 e. The maximum Gasteiger partial charge on any atom is 0.408 e. The van der Waals surface area contributed by atoms with Crippen LogP contribution in [0.5, 0.6) is 5.75 Å². The third-order valence-corrected chi connectivity index (χ3v) is 4.77. The lowest BCUT2D eigenvalue weighted by molar-refractivity contribution is -0.143. The zero-order chi connectivity index (χ0) is 22.6. The molecule has 0 saturated heterocycles. The van der Waals surface area contributed by atoms with Crippen molar-refractivity contribution >= 4 is 17.8 Å². The van der Waals surface area contributed by atoms with Crippen LogP contribution in [0.2, 0.25) is 0 Å². The Kier molecular flexibility index (Phi) is 6.63. The second-order valence-electron chi connectivity index (χ2n) is 8.40. The summed E-state index contributed by atoms with van der Waals surface area (Å²) in [6.45, 7) is 5.20. The number of amides is 1. The smallest absolute Gasteiger partial charge is 0.408 e. The van der Waals surface area contributed by atoms with E-state index in [1.165, 1.54) is 7.11 Å². The van der Waals surface area contributed by atoms with Gasteiger partial charge in [-0.05, 0) is 44.0 Å². The highest BCUT2D eigenvalue weighted by atomic mass is 16.6. The van der Waals surface area contributed by atoms with Gasteiger partial charge in [0.15, 0.2) is 5.78 Å². The lowest BCUT2D eigenvalue weighted by Crippen LogP contribution is -2.45. The molecule has 0 aromatic heterocycles. The van der Waals surface area contributed by atoms with Crippen molar-refractivity contribution in [3.05, 3.63) is 65.2 Å². The maximum atomic E-state index is 12.8. The molecule has 0 aliphatic carbocycles. The van der Waals surface area contributed by atoms with E-state index in [0.29, 0.717) is 16.9 Å². The summed E-state index contributed by atoms with van der Waals surface area (Å²) in [7, 11) is 1.25. The zero-order valence-electron chi connectivity index (χ0n) is 18.1. The van der Waals surface area contributed by atoms with Gasteiger partial charge in [-0.3, -0.25) is 4.79 Å². The van der Waals surface area contributed by atoms with Gasteiger partial charge in [0.05, 0.1) is 19.1 Å². The van der Waals surface area contributed by atoms with E-state index in [2.05, 4.69) is 5.32 Å². The molecule has 7 heteroatoms. The fourth-order valence-electron chi connectivity index (χ4n) is 3.37.